The zero-order valence-electron chi connectivity index (χ0n) is 20.5. The van der Waals surface area contributed by atoms with E-state index in [1.807, 2.05) is 58.8 Å². The molecular weight excluding hydrogens is 494 g/mol. The summed E-state index contributed by atoms with van der Waals surface area (Å²) in [4.78, 5) is 19.1. The van der Waals surface area contributed by atoms with Gasteiger partial charge in [-0.15, -0.1) is 11.3 Å². The molecule has 0 aliphatic heterocycles. The number of rotatable bonds is 10. The number of nitrogens with zero attached hydrogens (tertiary/aromatic N) is 1. The predicted octanol–water partition coefficient (Wildman–Crippen LogP) is 4.73. The van der Waals surface area contributed by atoms with Crippen LogP contribution in [0.4, 0.5) is 0 Å². The maximum absolute atomic E-state index is 12.9. The third-order valence-electron chi connectivity index (χ3n) is 5.84. The Morgan fingerprint density at radius 2 is 1.83 bits per heavy atom. The third-order valence-corrected chi connectivity index (χ3v) is 7.11. The summed E-state index contributed by atoms with van der Waals surface area (Å²) >= 11 is 7.43. The van der Waals surface area contributed by atoms with Crippen LogP contribution in [-0.2, 0) is 19.5 Å². The first-order chi connectivity index (χ1) is 17.5. The number of pyridine rings is 1. The average Bonchev–Trinajstić information content (AvgIpc) is 3.41. The van der Waals surface area contributed by atoms with Gasteiger partial charge in [-0.05, 0) is 71.4 Å². The monoisotopic (exact) mass is 523 g/mol. The lowest BCUT2D eigenvalue weighted by atomic mass is 10.1. The summed E-state index contributed by atoms with van der Waals surface area (Å²) in [6.45, 7) is 1.64. The summed E-state index contributed by atoms with van der Waals surface area (Å²) in [5.74, 6) is 2.10. The first-order valence-electron chi connectivity index (χ1n) is 11.5. The predicted molar refractivity (Wildman–Crippen MR) is 149 cm³/mol. The summed E-state index contributed by atoms with van der Waals surface area (Å²) in [5, 5.41) is 6.94. The Bertz CT molecular complexity index is 1390. The van der Waals surface area contributed by atoms with Crippen molar-refractivity contribution in [2.45, 2.75) is 19.5 Å². The number of aromatic amines is 1. The van der Waals surface area contributed by atoms with Crippen LogP contribution in [0.1, 0.15) is 16.0 Å². The molecule has 0 saturated carbocycles. The third kappa shape index (κ3) is 6.16. The largest absolute Gasteiger partial charge is 0.497 e. The van der Waals surface area contributed by atoms with Gasteiger partial charge in [-0.2, -0.15) is 0 Å². The minimum absolute atomic E-state index is 0.139. The fourth-order valence-electron chi connectivity index (χ4n) is 3.93. The maximum Gasteiger partial charge on any atom is 0.253 e. The van der Waals surface area contributed by atoms with Gasteiger partial charge in [-0.25, -0.2) is 0 Å². The Morgan fingerprint density at radius 3 is 2.56 bits per heavy atom. The second-order valence-corrected chi connectivity index (χ2v) is 9.60. The van der Waals surface area contributed by atoms with Gasteiger partial charge in [0.05, 0.1) is 39.9 Å². The van der Waals surface area contributed by atoms with Gasteiger partial charge < -0.3 is 29.4 Å². The number of methoxy groups -OCH3 is 3. The lowest BCUT2D eigenvalue weighted by Crippen LogP contribution is -2.40. The molecule has 0 fully saturated rings. The van der Waals surface area contributed by atoms with Crippen molar-refractivity contribution < 1.29 is 14.2 Å². The van der Waals surface area contributed by atoms with Crippen molar-refractivity contribution in [2.75, 3.05) is 27.9 Å². The Labute approximate surface area is 219 Å². The maximum atomic E-state index is 12.9. The van der Waals surface area contributed by atoms with Gasteiger partial charge in [0.25, 0.3) is 5.56 Å². The number of thiocarbonyl (C=S) groups is 1. The van der Waals surface area contributed by atoms with Crippen molar-refractivity contribution in [1.29, 1.82) is 0 Å². The molecule has 4 aromatic rings. The lowest BCUT2D eigenvalue weighted by molar-refractivity contribution is 0.354. The highest BCUT2D eigenvalue weighted by atomic mass is 32.1. The smallest absolute Gasteiger partial charge is 0.253 e. The Hall–Kier alpha value is -3.56. The van der Waals surface area contributed by atoms with Gasteiger partial charge >= 0.3 is 0 Å². The number of benzene rings is 2. The molecule has 0 atom stereocenters. The number of aromatic nitrogens is 1. The summed E-state index contributed by atoms with van der Waals surface area (Å²) in [6.07, 6.45) is 0.756. The molecule has 2 heterocycles. The van der Waals surface area contributed by atoms with E-state index in [1.165, 1.54) is 4.88 Å². The normalized spacial score (nSPS) is 10.8. The molecule has 2 N–H and O–H groups in total. The summed E-state index contributed by atoms with van der Waals surface area (Å²) < 4.78 is 16.0. The Kier molecular flexibility index (Phi) is 8.45. The number of hydrogen-bond acceptors (Lipinski definition) is 6. The standard InChI is InChI=1S/C27H29N3O4S2/c1-32-21-8-7-19-14-20(26(31)29-23(19)15-21)16-30(17-22-5-4-12-36-22)27(35)28-11-10-18-6-9-24(33-2)25(13-18)34-3/h4-9,12-15H,10-11,16-17H2,1-3H3,(H,28,35)(H,29,31). The van der Waals surface area contributed by atoms with Gasteiger partial charge in [0, 0.05) is 23.1 Å². The van der Waals surface area contributed by atoms with Crippen LogP contribution in [0.5, 0.6) is 17.2 Å². The second-order valence-electron chi connectivity index (χ2n) is 8.18. The van der Waals surface area contributed by atoms with E-state index < -0.39 is 0 Å². The molecule has 0 bridgehead atoms. The van der Waals surface area contributed by atoms with E-state index in [0.29, 0.717) is 47.6 Å². The van der Waals surface area contributed by atoms with Gasteiger partial charge in [-0.3, -0.25) is 4.79 Å². The summed E-state index contributed by atoms with van der Waals surface area (Å²) in [5.41, 5.74) is 2.35. The van der Waals surface area contributed by atoms with E-state index >= 15 is 0 Å². The SMILES string of the molecule is COc1ccc2cc(CN(Cc3cccs3)C(=S)NCCc3ccc(OC)c(OC)c3)c(=O)[nH]c2c1. The molecule has 9 heteroatoms. The molecular formula is C27H29N3O4S2. The van der Waals surface area contributed by atoms with Crippen LogP contribution in [0.3, 0.4) is 0 Å². The highest BCUT2D eigenvalue weighted by Crippen LogP contribution is 2.27. The molecule has 2 aromatic carbocycles. The summed E-state index contributed by atoms with van der Waals surface area (Å²) in [7, 11) is 4.86. The molecule has 0 saturated heterocycles. The van der Waals surface area contributed by atoms with Crippen LogP contribution in [-0.4, -0.2) is 42.9 Å². The van der Waals surface area contributed by atoms with E-state index in [2.05, 4.69) is 16.4 Å². The van der Waals surface area contributed by atoms with Crippen molar-refractivity contribution in [2.24, 2.45) is 0 Å². The fourth-order valence-corrected chi connectivity index (χ4v) is 4.88. The fraction of sp³-hybridized carbons (Fsp3) is 0.259. The lowest BCUT2D eigenvalue weighted by Gasteiger charge is -2.25. The second kappa shape index (κ2) is 11.9. The quantitative estimate of drug-likeness (QED) is 0.291. The molecule has 0 unspecified atom stereocenters. The van der Waals surface area contributed by atoms with Gasteiger partial charge in [-0.1, -0.05) is 12.1 Å². The highest BCUT2D eigenvalue weighted by Gasteiger charge is 2.15. The van der Waals surface area contributed by atoms with Crippen LogP contribution in [0.2, 0.25) is 0 Å². The molecule has 0 amide bonds. The van der Waals surface area contributed by atoms with Crippen LogP contribution >= 0.6 is 23.6 Å². The van der Waals surface area contributed by atoms with Crippen molar-refractivity contribution in [3.63, 3.8) is 0 Å². The van der Waals surface area contributed by atoms with E-state index in [0.717, 1.165) is 22.9 Å². The molecule has 2 aromatic heterocycles. The zero-order chi connectivity index (χ0) is 25.5. The zero-order valence-corrected chi connectivity index (χ0v) is 22.1. The van der Waals surface area contributed by atoms with Crippen molar-refractivity contribution >= 4 is 39.6 Å². The number of nitrogens with one attached hydrogen (secondary N) is 2. The van der Waals surface area contributed by atoms with Crippen molar-refractivity contribution in [1.82, 2.24) is 15.2 Å². The number of fused-ring (bicyclic) bond motifs is 1. The number of hydrogen-bond donors (Lipinski definition) is 2. The summed E-state index contributed by atoms with van der Waals surface area (Å²) in [6, 6.07) is 17.5. The van der Waals surface area contributed by atoms with Crippen LogP contribution in [0.15, 0.2) is 64.8 Å². The van der Waals surface area contributed by atoms with Crippen LogP contribution in [0.25, 0.3) is 10.9 Å². The van der Waals surface area contributed by atoms with Gasteiger partial charge in [0.2, 0.25) is 0 Å². The topological polar surface area (TPSA) is 75.8 Å². The molecule has 0 radical (unpaired) electrons. The molecule has 0 aliphatic carbocycles. The van der Waals surface area contributed by atoms with E-state index in [9.17, 15) is 4.79 Å². The molecule has 188 valence electrons. The van der Waals surface area contributed by atoms with Crippen LogP contribution < -0.4 is 25.1 Å². The molecule has 0 aliphatic rings. The molecule has 0 spiro atoms. The van der Waals surface area contributed by atoms with Crippen molar-refractivity contribution in [3.05, 3.63) is 86.3 Å². The molecule has 36 heavy (non-hydrogen) atoms. The first kappa shape index (κ1) is 25.5. The van der Waals surface area contributed by atoms with E-state index in [1.54, 1.807) is 32.7 Å². The molecule has 4 rings (SSSR count). The average molecular weight is 524 g/mol. The van der Waals surface area contributed by atoms with Gasteiger partial charge in [0.15, 0.2) is 16.6 Å². The van der Waals surface area contributed by atoms with Crippen molar-refractivity contribution in [3.8, 4) is 17.2 Å². The van der Waals surface area contributed by atoms with E-state index in [4.69, 9.17) is 26.4 Å². The van der Waals surface area contributed by atoms with Gasteiger partial charge in [0.1, 0.15) is 5.75 Å². The van der Waals surface area contributed by atoms with E-state index in [-0.39, 0.29) is 5.56 Å². The molecule has 7 nitrogen and oxygen atoms in total. The Morgan fingerprint density at radius 1 is 1.00 bits per heavy atom. The number of ether oxygens (including phenoxy) is 3. The Balaban J connectivity index is 1.48. The minimum atomic E-state index is -0.139. The number of thiophene rings is 1. The van der Waals surface area contributed by atoms with Crippen LogP contribution in [0, 0.1) is 0 Å². The minimum Gasteiger partial charge on any atom is -0.497 e. The first-order valence-corrected chi connectivity index (χ1v) is 12.8. The highest BCUT2D eigenvalue weighted by molar-refractivity contribution is 7.80. The number of H-pyrrole nitrogens is 1.